The first kappa shape index (κ1) is 16.7. The maximum absolute atomic E-state index is 9.82. The highest BCUT2D eigenvalue weighted by molar-refractivity contribution is 5.83. The Labute approximate surface area is 91.1 Å². The fourth-order valence-electron chi connectivity index (χ4n) is 0.473. The number of rotatable bonds is 4. The zero-order valence-corrected chi connectivity index (χ0v) is 8.78. The van der Waals surface area contributed by atoms with Gasteiger partial charge < -0.3 is 25.2 Å². The van der Waals surface area contributed by atoms with E-state index < -0.39 is 24.1 Å². The quantitative estimate of drug-likeness (QED) is 0.431. The maximum Gasteiger partial charge on any atom is 0.335 e. The number of esters is 1. The smallest absolute Gasteiger partial charge is 0.335 e. The monoisotopic (exact) mass is 238 g/mol. The molecule has 0 fully saturated rings. The first-order valence-corrected chi connectivity index (χ1v) is 4.19. The van der Waals surface area contributed by atoms with Crippen molar-refractivity contribution in [2.45, 2.75) is 26.1 Å². The molecule has 0 bridgehead atoms. The fraction of sp³-hybridized carbons (Fsp3) is 0.625. The molecule has 4 N–H and O–H groups in total. The van der Waals surface area contributed by atoms with Crippen LogP contribution in [0.15, 0.2) is 0 Å². The summed E-state index contributed by atoms with van der Waals surface area (Å²) in [5.74, 6) is -3.75. The summed E-state index contributed by atoms with van der Waals surface area (Å²) in [6.07, 6.45) is -4.53. The van der Waals surface area contributed by atoms with Gasteiger partial charge in [0.15, 0.2) is 12.2 Å². The second-order valence-corrected chi connectivity index (χ2v) is 2.49. The van der Waals surface area contributed by atoms with Gasteiger partial charge in [0.2, 0.25) is 0 Å². The normalized spacial score (nSPS) is 12.8. The van der Waals surface area contributed by atoms with Gasteiger partial charge in [-0.1, -0.05) is 0 Å². The number of carbonyl (C=O) groups excluding carboxylic acids is 1. The van der Waals surface area contributed by atoms with Crippen molar-refractivity contribution in [2.24, 2.45) is 0 Å². The molecule has 8 heteroatoms. The van der Waals surface area contributed by atoms with Gasteiger partial charge in [0.25, 0.3) is 0 Å². The molecule has 0 spiro atoms. The Kier molecular flexibility index (Phi) is 9.03. The minimum Gasteiger partial charge on any atom is -0.479 e. The molecule has 0 saturated heterocycles. The van der Waals surface area contributed by atoms with E-state index in [-0.39, 0.29) is 5.97 Å². The zero-order valence-electron chi connectivity index (χ0n) is 8.78. The summed E-state index contributed by atoms with van der Waals surface area (Å²) in [4.78, 5) is 29.4. The number of ether oxygens (including phenoxy) is 1. The van der Waals surface area contributed by atoms with Gasteiger partial charge in [0.1, 0.15) is 0 Å². The van der Waals surface area contributed by atoms with Crippen LogP contribution in [0, 0.1) is 0 Å². The minimum atomic E-state index is -2.27. The molecule has 0 aromatic rings. The van der Waals surface area contributed by atoms with Crippen LogP contribution in [0.3, 0.4) is 0 Å². The van der Waals surface area contributed by atoms with Crippen LogP contribution in [-0.4, -0.2) is 57.1 Å². The minimum absolute atomic E-state index is 0.211. The number of aliphatic carboxylic acids is 2. The van der Waals surface area contributed by atoms with Crippen LogP contribution in [0.1, 0.15) is 13.8 Å². The van der Waals surface area contributed by atoms with E-state index in [1.807, 2.05) is 0 Å². The highest BCUT2D eigenvalue weighted by Crippen LogP contribution is 1.92. The molecule has 0 rings (SSSR count). The lowest BCUT2D eigenvalue weighted by Crippen LogP contribution is -2.39. The van der Waals surface area contributed by atoms with E-state index in [2.05, 4.69) is 4.74 Å². The van der Waals surface area contributed by atoms with Crippen LogP contribution in [0.5, 0.6) is 0 Å². The highest BCUT2D eigenvalue weighted by Gasteiger charge is 2.29. The number of carboxylic acids is 2. The summed E-state index contributed by atoms with van der Waals surface area (Å²) in [5.41, 5.74) is 0. The third kappa shape index (κ3) is 8.91. The fourth-order valence-corrected chi connectivity index (χ4v) is 0.473. The van der Waals surface area contributed by atoms with Crippen molar-refractivity contribution >= 4 is 17.9 Å². The summed E-state index contributed by atoms with van der Waals surface area (Å²) < 4.78 is 4.40. The standard InChI is InChI=1S/C4H6O6.C4H8O2/c5-1(3(7)8)2(6)4(9)10;1-3-6-4(2)5/h1-2,5-6H,(H,7,8)(H,9,10);3H2,1-2H3. The third-order valence-corrected chi connectivity index (χ3v) is 1.15. The summed E-state index contributed by atoms with van der Waals surface area (Å²) in [6, 6.07) is 0. The molecule has 0 aliphatic rings. The average Bonchev–Trinajstić information content (AvgIpc) is 2.15. The summed E-state index contributed by atoms with van der Waals surface area (Å²) in [6.45, 7) is 3.65. The Morgan fingerprint density at radius 1 is 1.06 bits per heavy atom. The third-order valence-electron chi connectivity index (χ3n) is 1.15. The Bertz CT molecular complexity index is 230. The first-order valence-electron chi connectivity index (χ1n) is 4.19. The molecule has 94 valence electrons. The van der Waals surface area contributed by atoms with E-state index in [0.29, 0.717) is 6.61 Å². The Balaban J connectivity index is 0. The molecule has 2 atom stereocenters. The van der Waals surface area contributed by atoms with E-state index in [9.17, 15) is 14.4 Å². The van der Waals surface area contributed by atoms with E-state index in [1.54, 1.807) is 6.92 Å². The second-order valence-electron chi connectivity index (χ2n) is 2.49. The molecule has 2 unspecified atom stereocenters. The van der Waals surface area contributed by atoms with Gasteiger partial charge in [-0.25, -0.2) is 9.59 Å². The van der Waals surface area contributed by atoms with Gasteiger partial charge in [0, 0.05) is 6.92 Å². The largest absolute Gasteiger partial charge is 0.479 e. The summed E-state index contributed by atoms with van der Waals surface area (Å²) in [7, 11) is 0. The van der Waals surface area contributed by atoms with E-state index in [1.165, 1.54) is 6.92 Å². The lowest BCUT2D eigenvalue weighted by Gasteiger charge is -2.07. The maximum atomic E-state index is 9.82. The van der Waals surface area contributed by atoms with Crippen LogP contribution in [0.4, 0.5) is 0 Å². The Morgan fingerprint density at radius 2 is 1.38 bits per heavy atom. The van der Waals surface area contributed by atoms with E-state index in [4.69, 9.17) is 20.4 Å². The van der Waals surface area contributed by atoms with Gasteiger partial charge in [-0.05, 0) is 6.92 Å². The predicted octanol–water partition coefficient (Wildman–Crippen LogP) is -1.55. The van der Waals surface area contributed by atoms with Crippen LogP contribution < -0.4 is 0 Å². The molecular weight excluding hydrogens is 224 g/mol. The van der Waals surface area contributed by atoms with Crippen molar-refractivity contribution in [3.05, 3.63) is 0 Å². The highest BCUT2D eigenvalue weighted by atomic mass is 16.5. The van der Waals surface area contributed by atoms with Gasteiger partial charge in [-0.3, -0.25) is 4.79 Å². The van der Waals surface area contributed by atoms with Gasteiger partial charge in [-0.2, -0.15) is 0 Å². The van der Waals surface area contributed by atoms with Crippen LogP contribution in [-0.2, 0) is 19.1 Å². The molecule has 0 aromatic heterocycles. The number of hydrogen-bond acceptors (Lipinski definition) is 6. The molecular formula is C8H14O8. The molecule has 0 aliphatic heterocycles. The number of aliphatic hydroxyl groups is 2. The molecule has 0 aromatic carbocycles. The van der Waals surface area contributed by atoms with Crippen LogP contribution >= 0.6 is 0 Å². The van der Waals surface area contributed by atoms with Crippen molar-refractivity contribution in [2.75, 3.05) is 6.61 Å². The lowest BCUT2D eigenvalue weighted by molar-refractivity contribution is -0.165. The number of carboxylic acid groups (broad SMARTS) is 2. The average molecular weight is 238 g/mol. The topological polar surface area (TPSA) is 141 Å². The van der Waals surface area contributed by atoms with E-state index in [0.717, 1.165) is 0 Å². The molecule has 0 aliphatic carbocycles. The zero-order chi connectivity index (χ0) is 13.3. The Hall–Kier alpha value is -1.67. The van der Waals surface area contributed by atoms with Gasteiger partial charge >= 0.3 is 17.9 Å². The summed E-state index contributed by atoms with van der Waals surface area (Å²) in [5, 5.41) is 32.5. The van der Waals surface area contributed by atoms with Crippen molar-refractivity contribution in [3.8, 4) is 0 Å². The molecule has 0 saturated carbocycles. The van der Waals surface area contributed by atoms with Gasteiger partial charge in [0.05, 0.1) is 6.61 Å². The van der Waals surface area contributed by atoms with E-state index >= 15 is 0 Å². The molecule has 16 heavy (non-hydrogen) atoms. The number of aliphatic hydroxyl groups excluding tert-OH is 2. The number of hydrogen-bond donors (Lipinski definition) is 4. The van der Waals surface area contributed by atoms with Crippen molar-refractivity contribution in [3.63, 3.8) is 0 Å². The van der Waals surface area contributed by atoms with Crippen molar-refractivity contribution in [1.82, 2.24) is 0 Å². The van der Waals surface area contributed by atoms with Gasteiger partial charge in [-0.15, -0.1) is 0 Å². The first-order chi connectivity index (χ1) is 7.23. The second kappa shape index (κ2) is 8.62. The molecule has 0 amide bonds. The van der Waals surface area contributed by atoms with Crippen LogP contribution in [0.25, 0.3) is 0 Å². The Morgan fingerprint density at radius 3 is 1.44 bits per heavy atom. The molecule has 8 nitrogen and oxygen atoms in total. The lowest BCUT2D eigenvalue weighted by atomic mass is 10.2. The van der Waals surface area contributed by atoms with Crippen molar-refractivity contribution < 1.29 is 39.5 Å². The van der Waals surface area contributed by atoms with Crippen LogP contribution in [0.2, 0.25) is 0 Å². The molecule has 0 radical (unpaired) electrons. The number of carbonyl (C=O) groups is 3. The summed E-state index contributed by atoms with van der Waals surface area (Å²) >= 11 is 0. The SMILES string of the molecule is CCOC(C)=O.O=C(O)C(O)C(O)C(=O)O. The predicted molar refractivity (Wildman–Crippen MR) is 49.6 cm³/mol. The molecule has 0 heterocycles. The van der Waals surface area contributed by atoms with Crippen molar-refractivity contribution in [1.29, 1.82) is 0 Å².